The molecule has 2 rings (SSSR count). The van der Waals surface area contributed by atoms with Crippen LogP contribution in [0.1, 0.15) is 29.3 Å². The number of carbonyl (C=O) groups excluding carboxylic acids is 1. The zero-order valence-electron chi connectivity index (χ0n) is 12.3. The summed E-state index contributed by atoms with van der Waals surface area (Å²) in [4.78, 5) is 12.3. The van der Waals surface area contributed by atoms with E-state index < -0.39 is 24.2 Å². The lowest BCUT2D eigenvalue weighted by Gasteiger charge is -2.21. The molecule has 1 amide bonds. The maximum absolute atomic E-state index is 12.6. The van der Waals surface area contributed by atoms with Crippen LogP contribution in [0.5, 0.6) is 0 Å². The first-order valence-electron chi connectivity index (χ1n) is 6.94. The molecule has 1 unspecified atom stereocenters. The number of alkyl halides is 6. The molecule has 0 saturated carbocycles. The highest BCUT2D eigenvalue weighted by Crippen LogP contribution is 2.42. The van der Waals surface area contributed by atoms with Gasteiger partial charge in [-0.1, -0.05) is 6.92 Å². The van der Waals surface area contributed by atoms with Gasteiger partial charge in [0.2, 0.25) is 11.8 Å². The molecule has 0 aromatic carbocycles. The summed E-state index contributed by atoms with van der Waals surface area (Å²) in [6, 6.07) is 1.77. The predicted molar refractivity (Wildman–Crippen MR) is 74.5 cm³/mol. The van der Waals surface area contributed by atoms with Gasteiger partial charge in [-0.15, -0.1) is 11.3 Å². The SMILES string of the molecule is CC1CCc2c(sc(NC(=O)C(C(F)(F)F)C(F)(F)F)c2C#N)C1. The molecular weight excluding hydrogens is 358 g/mol. The highest BCUT2D eigenvalue weighted by Gasteiger charge is 2.61. The van der Waals surface area contributed by atoms with Gasteiger partial charge in [0.05, 0.1) is 5.56 Å². The van der Waals surface area contributed by atoms with Gasteiger partial charge in [0.25, 0.3) is 0 Å². The fourth-order valence-electron chi connectivity index (χ4n) is 2.62. The lowest BCUT2D eigenvalue weighted by molar-refractivity contribution is -0.272. The molecule has 0 radical (unpaired) electrons. The first kappa shape index (κ1) is 18.6. The van der Waals surface area contributed by atoms with Crippen LogP contribution in [0.3, 0.4) is 0 Å². The van der Waals surface area contributed by atoms with Gasteiger partial charge in [0, 0.05) is 4.88 Å². The number of halogens is 6. The Morgan fingerprint density at radius 2 is 1.88 bits per heavy atom. The number of amides is 1. The maximum atomic E-state index is 12.6. The van der Waals surface area contributed by atoms with Gasteiger partial charge in [0.15, 0.2) is 0 Å². The minimum atomic E-state index is -5.76. The van der Waals surface area contributed by atoms with E-state index in [9.17, 15) is 31.1 Å². The number of hydrogen-bond donors (Lipinski definition) is 1. The standard InChI is InChI=1S/C14H12F6N2OS/c1-6-2-3-7-8(5-21)12(24-9(7)4-6)22-11(23)10(13(15,16)17)14(18,19)20/h6,10H,2-4H2,1H3,(H,22,23). The monoisotopic (exact) mass is 370 g/mol. The van der Waals surface area contributed by atoms with Crippen LogP contribution in [0.15, 0.2) is 0 Å². The molecular formula is C14H12F6N2OS. The number of carbonyl (C=O) groups is 1. The van der Waals surface area contributed by atoms with Crippen molar-refractivity contribution in [2.45, 2.75) is 38.5 Å². The zero-order chi connectivity index (χ0) is 18.3. The minimum absolute atomic E-state index is 0.0432. The van der Waals surface area contributed by atoms with E-state index in [1.807, 2.05) is 6.92 Å². The van der Waals surface area contributed by atoms with Crippen LogP contribution in [0.2, 0.25) is 0 Å². The second-order valence-corrected chi connectivity index (χ2v) is 6.78. The molecule has 1 aliphatic carbocycles. The molecule has 1 aliphatic rings. The van der Waals surface area contributed by atoms with Gasteiger partial charge in [-0.2, -0.15) is 31.6 Å². The summed E-state index contributed by atoms with van der Waals surface area (Å²) >= 11 is 0.868. The van der Waals surface area contributed by atoms with Crippen LogP contribution in [-0.2, 0) is 17.6 Å². The number of thiophene rings is 1. The van der Waals surface area contributed by atoms with E-state index in [4.69, 9.17) is 5.26 Å². The fourth-order valence-corrected chi connectivity index (χ4v) is 3.99. The summed E-state index contributed by atoms with van der Waals surface area (Å²) in [5.74, 6) is -6.06. The fraction of sp³-hybridized carbons (Fsp3) is 0.571. The molecule has 1 N–H and O–H groups in total. The third kappa shape index (κ3) is 3.66. The topological polar surface area (TPSA) is 52.9 Å². The second kappa shape index (κ2) is 6.27. The normalized spacial score (nSPS) is 18.2. The van der Waals surface area contributed by atoms with Crippen LogP contribution in [0, 0.1) is 23.2 Å². The quantitative estimate of drug-likeness (QED) is 0.784. The summed E-state index contributed by atoms with van der Waals surface area (Å²) in [6.45, 7) is 1.95. The largest absolute Gasteiger partial charge is 0.409 e. The average Bonchev–Trinajstić information content (AvgIpc) is 2.70. The number of nitrogens with zero attached hydrogens (tertiary/aromatic N) is 1. The van der Waals surface area contributed by atoms with Gasteiger partial charge in [-0.05, 0) is 30.7 Å². The van der Waals surface area contributed by atoms with E-state index in [0.717, 1.165) is 22.6 Å². The Labute approximate surface area is 137 Å². The Morgan fingerprint density at radius 1 is 1.29 bits per heavy atom. The zero-order valence-corrected chi connectivity index (χ0v) is 13.1. The average molecular weight is 370 g/mol. The predicted octanol–water partition coefficient (Wildman–Crippen LogP) is 4.42. The van der Waals surface area contributed by atoms with Crippen molar-refractivity contribution in [3.8, 4) is 6.07 Å². The van der Waals surface area contributed by atoms with Crippen molar-refractivity contribution in [3.63, 3.8) is 0 Å². The molecule has 1 atom stereocenters. The van der Waals surface area contributed by atoms with Crippen LogP contribution in [0.25, 0.3) is 0 Å². The summed E-state index contributed by atoms with van der Waals surface area (Å²) < 4.78 is 75.5. The Morgan fingerprint density at radius 3 is 2.38 bits per heavy atom. The number of nitrogens with one attached hydrogen (secondary N) is 1. The van der Waals surface area contributed by atoms with E-state index in [1.165, 1.54) is 0 Å². The second-order valence-electron chi connectivity index (χ2n) is 5.67. The summed E-state index contributed by atoms with van der Waals surface area (Å²) in [6.07, 6.45) is -9.68. The molecule has 1 aromatic rings. The van der Waals surface area contributed by atoms with Crippen molar-refractivity contribution in [2.24, 2.45) is 11.8 Å². The van der Waals surface area contributed by atoms with Crippen molar-refractivity contribution >= 4 is 22.2 Å². The van der Waals surface area contributed by atoms with Crippen molar-refractivity contribution < 1.29 is 31.1 Å². The Kier molecular flexibility index (Phi) is 4.86. The third-order valence-corrected chi connectivity index (χ3v) is 4.95. The molecule has 0 bridgehead atoms. The third-order valence-electron chi connectivity index (χ3n) is 3.78. The molecule has 0 saturated heterocycles. The van der Waals surface area contributed by atoms with Crippen LogP contribution in [-0.4, -0.2) is 18.3 Å². The van der Waals surface area contributed by atoms with Crippen molar-refractivity contribution in [3.05, 3.63) is 16.0 Å². The molecule has 0 spiro atoms. The Bertz CT molecular complexity index is 671. The minimum Gasteiger partial charge on any atom is -0.316 e. The van der Waals surface area contributed by atoms with E-state index in [-0.39, 0.29) is 10.6 Å². The van der Waals surface area contributed by atoms with E-state index in [0.29, 0.717) is 24.3 Å². The molecule has 3 nitrogen and oxygen atoms in total. The van der Waals surface area contributed by atoms with Gasteiger partial charge >= 0.3 is 12.4 Å². The molecule has 1 aromatic heterocycles. The van der Waals surface area contributed by atoms with Gasteiger partial charge in [-0.3, -0.25) is 4.79 Å². The number of nitriles is 1. The lowest BCUT2D eigenvalue weighted by Crippen LogP contribution is -2.45. The highest BCUT2D eigenvalue weighted by molar-refractivity contribution is 7.16. The van der Waals surface area contributed by atoms with E-state index in [1.54, 1.807) is 11.4 Å². The van der Waals surface area contributed by atoms with Crippen LogP contribution < -0.4 is 5.32 Å². The van der Waals surface area contributed by atoms with Gasteiger partial charge < -0.3 is 5.32 Å². The van der Waals surface area contributed by atoms with Crippen molar-refractivity contribution in [2.75, 3.05) is 5.32 Å². The van der Waals surface area contributed by atoms with Crippen molar-refractivity contribution in [1.29, 1.82) is 5.26 Å². The van der Waals surface area contributed by atoms with Gasteiger partial charge in [0.1, 0.15) is 11.1 Å². The van der Waals surface area contributed by atoms with E-state index in [2.05, 4.69) is 0 Å². The van der Waals surface area contributed by atoms with Crippen molar-refractivity contribution in [1.82, 2.24) is 0 Å². The molecule has 0 fully saturated rings. The lowest BCUT2D eigenvalue weighted by atomic mass is 9.88. The number of hydrogen-bond acceptors (Lipinski definition) is 3. The Balaban J connectivity index is 2.34. The smallest absolute Gasteiger partial charge is 0.316 e. The van der Waals surface area contributed by atoms with E-state index >= 15 is 0 Å². The number of fused-ring (bicyclic) bond motifs is 1. The molecule has 0 aliphatic heterocycles. The first-order chi connectivity index (χ1) is 10.9. The summed E-state index contributed by atoms with van der Waals surface area (Å²) in [7, 11) is 0. The Hall–Kier alpha value is -1.76. The molecule has 132 valence electrons. The summed E-state index contributed by atoms with van der Waals surface area (Å²) in [5.41, 5.74) is 0.560. The van der Waals surface area contributed by atoms with Gasteiger partial charge in [-0.25, -0.2) is 0 Å². The first-order valence-corrected chi connectivity index (χ1v) is 7.75. The molecule has 1 heterocycles. The van der Waals surface area contributed by atoms with Crippen LogP contribution >= 0.6 is 11.3 Å². The molecule has 10 heteroatoms. The summed E-state index contributed by atoms with van der Waals surface area (Å²) in [5, 5.41) is 10.6. The maximum Gasteiger partial charge on any atom is 0.409 e. The number of rotatable bonds is 2. The molecule has 24 heavy (non-hydrogen) atoms. The number of anilines is 1. The highest BCUT2D eigenvalue weighted by atomic mass is 32.1. The van der Waals surface area contributed by atoms with Crippen LogP contribution in [0.4, 0.5) is 31.3 Å².